The zero-order valence-electron chi connectivity index (χ0n) is 15.3. The molecule has 7 nitrogen and oxygen atoms in total. The number of amides is 1. The first-order chi connectivity index (χ1) is 13.0. The van der Waals surface area contributed by atoms with Crippen molar-refractivity contribution in [2.75, 3.05) is 0 Å². The second-order valence-corrected chi connectivity index (χ2v) is 6.64. The summed E-state index contributed by atoms with van der Waals surface area (Å²) in [5.41, 5.74) is 2.79. The van der Waals surface area contributed by atoms with Gasteiger partial charge in [-0.3, -0.25) is 4.79 Å². The first kappa shape index (κ1) is 17.1. The molecule has 0 unspecified atom stereocenters. The van der Waals surface area contributed by atoms with Crippen LogP contribution in [-0.2, 0) is 6.42 Å². The van der Waals surface area contributed by atoms with Gasteiger partial charge in [-0.25, -0.2) is 0 Å². The van der Waals surface area contributed by atoms with E-state index in [2.05, 4.69) is 15.5 Å². The fourth-order valence-corrected chi connectivity index (χ4v) is 3.02. The van der Waals surface area contributed by atoms with Crippen LogP contribution in [0.2, 0.25) is 0 Å². The summed E-state index contributed by atoms with van der Waals surface area (Å²) in [6, 6.07) is 9.46. The molecule has 4 rings (SSSR count). The number of fused-ring (bicyclic) bond motifs is 1. The molecule has 3 heterocycles. The Kier molecular flexibility index (Phi) is 4.27. The Hall–Kier alpha value is -3.35. The largest absolute Gasteiger partial charge is 0.469 e. The second kappa shape index (κ2) is 6.75. The maximum Gasteiger partial charge on any atom is 0.316 e. The van der Waals surface area contributed by atoms with E-state index in [0.29, 0.717) is 12.2 Å². The van der Waals surface area contributed by atoms with Gasteiger partial charge in [0.15, 0.2) is 5.76 Å². The standard InChI is InChI=1S/C20H19N3O4/c1-11-6-7-16-15(9-11)13(3)17(26-16)18-22-20(27-23-18)19(24)21-12(2)10-14-5-4-8-25-14/h4-9,12H,10H2,1-3H3,(H,21,24)/t12-/m0/s1. The van der Waals surface area contributed by atoms with Gasteiger partial charge in [-0.2, -0.15) is 4.98 Å². The van der Waals surface area contributed by atoms with E-state index in [1.54, 1.807) is 6.26 Å². The van der Waals surface area contributed by atoms with Gasteiger partial charge in [0.2, 0.25) is 5.82 Å². The molecule has 0 radical (unpaired) electrons. The topological polar surface area (TPSA) is 94.3 Å². The second-order valence-electron chi connectivity index (χ2n) is 6.64. The monoisotopic (exact) mass is 365 g/mol. The van der Waals surface area contributed by atoms with Gasteiger partial charge in [0.05, 0.1) is 6.26 Å². The summed E-state index contributed by atoms with van der Waals surface area (Å²) in [5, 5.41) is 7.73. The quantitative estimate of drug-likeness (QED) is 0.573. The van der Waals surface area contributed by atoms with Gasteiger partial charge >= 0.3 is 11.8 Å². The molecule has 0 bridgehead atoms. The third kappa shape index (κ3) is 3.36. The Morgan fingerprint density at radius 2 is 2.11 bits per heavy atom. The molecule has 0 aliphatic carbocycles. The van der Waals surface area contributed by atoms with Crippen LogP contribution >= 0.6 is 0 Å². The molecule has 0 saturated carbocycles. The number of nitrogens with zero attached hydrogens (tertiary/aromatic N) is 2. The maximum atomic E-state index is 12.4. The first-order valence-corrected chi connectivity index (χ1v) is 8.68. The minimum atomic E-state index is -0.433. The molecule has 0 spiro atoms. The Morgan fingerprint density at radius 3 is 2.89 bits per heavy atom. The molecule has 138 valence electrons. The average Bonchev–Trinajstić information content (AvgIpc) is 3.36. The van der Waals surface area contributed by atoms with Gasteiger partial charge in [0, 0.05) is 23.4 Å². The highest BCUT2D eigenvalue weighted by Crippen LogP contribution is 2.31. The molecule has 0 aliphatic rings. The van der Waals surface area contributed by atoms with Crippen LogP contribution in [0.4, 0.5) is 0 Å². The van der Waals surface area contributed by atoms with Gasteiger partial charge in [-0.15, -0.1) is 0 Å². The SMILES string of the molecule is Cc1ccc2oc(-c3noc(C(=O)N[C@@H](C)Cc4ccco4)n3)c(C)c2c1. The maximum absolute atomic E-state index is 12.4. The van der Waals surface area contributed by atoms with Crippen LogP contribution < -0.4 is 5.32 Å². The summed E-state index contributed by atoms with van der Waals surface area (Å²) in [5.74, 6) is 1.01. The summed E-state index contributed by atoms with van der Waals surface area (Å²) >= 11 is 0. The third-order valence-corrected chi connectivity index (χ3v) is 4.38. The van der Waals surface area contributed by atoms with E-state index < -0.39 is 5.91 Å². The number of rotatable bonds is 5. The fourth-order valence-electron chi connectivity index (χ4n) is 3.02. The molecule has 4 aromatic rings. The normalized spacial score (nSPS) is 12.4. The number of aryl methyl sites for hydroxylation is 2. The molecule has 0 aliphatic heterocycles. The summed E-state index contributed by atoms with van der Waals surface area (Å²) in [6.07, 6.45) is 2.17. The van der Waals surface area contributed by atoms with Crippen molar-refractivity contribution in [3.63, 3.8) is 0 Å². The zero-order valence-corrected chi connectivity index (χ0v) is 15.3. The Morgan fingerprint density at radius 1 is 1.26 bits per heavy atom. The predicted molar refractivity (Wildman–Crippen MR) is 98.3 cm³/mol. The van der Waals surface area contributed by atoms with Crippen molar-refractivity contribution in [3.05, 3.63) is 59.4 Å². The van der Waals surface area contributed by atoms with Gasteiger partial charge in [0.1, 0.15) is 11.3 Å². The van der Waals surface area contributed by atoms with Gasteiger partial charge < -0.3 is 18.7 Å². The highest BCUT2D eigenvalue weighted by molar-refractivity contribution is 5.91. The lowest BCUT2D eigenvalue weighted by atomic mass is 10.1. The van der Waals surface area contributed by atoms with Crippen LogP contribution in [0, 0.1) is 13.8 Å². The van der Waals surface area contributed by atoms with E-state index in [9.17, 15) is 4.79 Å². The number of hydrogen-bond donors (Lipinski definition) is 1. The predicted octanol–water partition coefficient (Wildman–Crippen LogP) is 4.05. The van der Waals surface area contributed by atoms with Crippen molar-refractivity contribution in [2.24, 2.45) is 0 Å². The lowest BCUT2D eigenvalue weighted by Crippen LogP contribution is -2.34. The average molecular weight is 365 g/mol. The van der Waals surface area contributed by atoms with Crippen molar-refractivity contribution < 1.29 is 18.2 Å². The fraction of sp³-hybridized carbons (Fsp3) is 0.250. The van der Waals surface area contributed by atoms with Crippen LogP contribution in [-0.4, -0.2) is 22.1 Å². The molecule has 1 amide bonds. The van der Waals surface area contributed by atoms with Gasteiger partial charge in [-0.05, 0) is 45.0 Å². The molecular formula is C20H19N3O4. The highest BCUT2D eigenvalue weighted by atomic mass is 16.5. The van der Waals surface area contributed by atoms with E-state index in [1.807, 2.05) is 51.1 Å². The van der Waals surface area contributed by atoms with Crippen LogP contribution in [0.5, 0.6) is 0 Å². The summed E-state index contributed by atoms with van der Waals surface area (Å²) in [4.78, 5) is 16.6. The van der Waals surface area contributed by atoms with Crippen molar-refractivity contribution in [2.45, 2.75) is 33.2 Å². The van der Waals surface area contributed by atoms with E-state index in [1.165, 1.54) is 0 Å². The first-order valence-electron chi connectivity index (χ1n) is 8.68. The number of furan rings is 2. The molecule has 27 heavy (non-hydrogen) atoms. The number of aromatic nitrogens is 2. The van der Waals surface area contributed by atoms with Gasteiger partial charge in [-0.1, -0.05) is 16.8 Å². The summed E-state index contributed by atoms with van der Waals surface area (Å²) in [6.45, 7) is 5.83. The molecule has 0 saturated heterocycles. The molecule has 1 atom stereocenters. The number of carbonyl (C=O) groups excluding carboxylic acids is 1. The molecule has 3 aromatic heterocycles. The van der Waals surface area contributed by atoms with Crippen molar-refractivity contribution in [1.29, 1.82) is 0 Å². The van der Waals surface area contributed by atoms with Crippen molar-refractivity contribution >= 4 is 16.9 Å². The molecule has 1 N–H and O–H groups in total. The van der Waals surface area contributed by atoms with Crippen LogP contribution in [0.1, 0.15) is 34.5 Å². The van der Waals surface area contributed by atoms with E-state index in [-0.39, 0.29) is 17.8 Å². The number of carbonyl (C=O) groups is 1. The lowest BCUT2D eigenvalue weighted by molar-refractivity contribution is 0.0895. The number of benzene rings is 1. The van der Waals surface area contributed by atoms with Crippen LogP contribution in [0.15, 0.2) is 50.0 Å². The van der Waals surface area contributed by atoms with E-state index in [4.69, 9.17) is 13.4 Å². The zero-order chi connectivity index (χ0) is 19.0. The minimum Gasteiger partial charge on any atom is -0.469 e. The third-order valence-electron chi connectivity index (χ3n) is 4.38. The highest BCUT2D eigenvalue weighted by Gasteiger charge is 2.22. The van der Waals surface area contributed by atoms with Crippen molar-refractivity contribution in [3.8, 4) is 11.6 Å². The van der Waals surface area contributed by atoms with Gasteiger partial charge in [0.25, 0.3) is 0 Å². The summed E-state index contributed by atoms with van der Waals surface area (Å²) < 4.78 is 16.3. The number of nitrogens with one attached hydrogen (secondary N) is 1. The molecule has 1 aromatic carbocycles. The lowest BCUT2D eigenvalue weighted by Gasteiger charge is -2.10. The molecule has 7 heteroatoms. The van der Waals surface area contributed by atoms with E-state index in [0.717, 1.165) is 27.9 Å². The molecule has 0 fully saturated rings. The van der Waals surface area contributed by atoms with Crippen LogP contribution in [0.25, 0.3) is 22.6 Å². The van der Waals surface area contributed by atoms with Crippen LogP contribution in [0.3, 0.4) is 0 Å². The Balaban J connectivity index is 1.53. The smallest absolute Gasteiger partial charge is 0.316 e. The number of hydrogen-bond acceptors (Lipinski definition) is 6. The summed E-state index contributed by atoms with van der Waals surface area (Å²) in [7, 11) is 0. The Bertz CT molecular complexity index is 1090. The molecular weight excluding hydrogens is 346 g/mol. The minimum absolute atomic E-state index is 0.104. The van der Waals surface area contributed by atoms with E-state index >= 15 is 0 Å². The Labute approximate surface area is 155 Å². The van der Waals surface area contributed by atoms with Crippen molar-refractivity contribution in [1.82, 2.24) is 15.5 Å².